The molecule has 0 fully saturated rings. The zero-order valence-corrected chi connectivity index (χ0v) is 16.4. The molecule has 1 unspecified atom stereocenters. The Morgan fingerprint density at radius 2 is 1.79 bits per heavy atom. The fourth-order valence-corrected chi connectivity index (χ4v) is 3.21. The molecule has 0 heterocycles. The maximum atomic E-state index is 9.03. The first kappa shape index (κ1) is 19.0. The minimum absolute atomic E-state index is 0.00595. The first-order valence-corrected chi connectivity index (χ1v) is 11.2. The largest absolute Gasteiger partial charge is 0.450 e. The molecule has 0 aromatic heterocycles. The molecule has 126 valence electrons. The molecule has 0 amide bonds. The number of benzene rings is 2. The molecule has 0 bridgehead atoms. The Morgan fingerprint density at radius 1 is 1.17 bits per heavy atom. The van der Waals surface area contributed by atoms with Crippen molar-refractivity contribution < 1.29 is 14.2 Å². The van der Waals surface area contributed by atoms with Crippen LogP contribution in [0.4, 0.5) is 0 Å². The second kappa shape index (κ2) is 9.82. The van der Waals surface area contributed by atoms with Gasteiger partial charge in [-0.05, 0) is 71.1 Å². The van der Waals surface area contributed by atoms with Crippen molar-refractivity contribution in [1.82, 2.24) is 4.78 Å². The van der Waals surface area contributed by atoms with Gasteiger partial charge in [-0.2, -0.15) is 5.10 Å². The van der Waals surface area contributed by atoms with Gasteiger partial charge in [-0.3, -0.25) is 0 Å². The lowest BCUT2D eigenvalue weighted by Crippen LogP contribution is -2.03. The molecule has 0 aliphatic heterocycles. The summed E-state index contributed by atoms with van der Waals surface area (Å²) in [5.74, 6) is 1.39. The lowest BCUT2D eigenvalue weighted by molar-refractivity contribution is 0.282. The van der Waals surface area contributed by atoms with E-state index in [0.717, 1.165) is 16.9 Å². The van der Waals surface area contributed by atoms with Gasteiger partial charge in [0.15, 0.2) is 0 Å². The highest BCUT2D eigenvalue weighted by molar-refractivity contribution is 8.02. The number of hydrazone groups is 1. The van der Waals surface area contributed by atoms with Crippen LogP contribution in [0.2, 0.25) is 0 Å². The number of rotatable bonds is 8. The van der Waals surface area contributed by atoms with E-state index in [4.69, 9.17) is 37.8 Å². The van der Waals surface area contributed by atoms with Crippen molar-refractivity contribution in [2.45, 2.75) is 6.61 Å². The van der Waals surface area contributed by atoms with E-state index in [-0.39, 0.29) is 6.61 Å². The zero-order chi connectivity index (χ0) is 17.4. The lowest BCUT2D eigenvalue weighted by Gasteiger charge is -2.16. The summed E-state index contributed by atoms with van der Waals surface area (Å²) in [6.07, 6.45) is 1.71. The van der Waals surface area contributed by atoms with Crippen LogP contribution in [0.3, 0.4) is 0 Å². The molecule has 1 atom stereocenters. The Balaban J connectivity index is 1.93. The average molecular weight is 398 g/mol. The summed E-state index contributed by atoms with van der Waals surface area (Å²) in [5.41, 5.74) is 1.75. The SMILES string of the molecule is CN(/N=C/c1ccc(OP=S)cc1)[PH](=S)Oc1ccc(CO)cc1. The zero-order valence-electron chi connectivity index (χ0n) is 12.8. The number of aliphatic hydroxyl groups is 1. The van der Waals surface area contributed by atoms with Crippen LogP contribution in [0.1, 0.15) is 11.1 Å². The molecule has 0 aliphatic rings. The molecule has 0 saturated heterocycles. The van der Waals surface area contributed by atoms with Gasteiger partial charge in [0.25, 0.3) is 0 Å². The molecule has 2 aromatic rings. The van der Waals surface area contributed by atoms with Gasteiger partial charge in [-0.15, -0.1) is 0 Å². The Kier molecular flexibility index (Phi) is 7.76. The predicted molar refractivity (Wildman–Crippen MR) is 105 cm³/mol. The third-order valence-corrected chi connectivity index (χ3v) is 5.58. The summed E-state index contributed by atoms with van der Waals surface area (Å²) in [6, 6.07) is 14.6. The van der Waals surface area contributed by atoms with Gasteiger partial charge in [0.2, 0.25) is 14.7 Å². The molecule has 2 rings (SSSR count). The summed E-state index contributed by atoms with van der Waals surface area (Å²) in [5, 5.41) is 13.3. The van der Waals surface area contributed by atoms with Crippen molar-refractivity contribution in [3.05, 3.63) is 59.7 Å². The molecular weight excluding hydrogens is 382 g/mol. The highest BCUT2D eigenvalue weighted by Crippen LogP contribution is 2.30. The number of hydrogen-bond donors (Lipinski definition) is 1. The molecule has 2 aromatic carbocycles. The van der Waals surface area contributed by atoms with Gasteiger partial charge in [0.05, 0.1) is 12.8 Å². The number of nitrogens with zero attached hydrogens (tertiary/aromatic N) is 2. The first-order valence-electron chi connectivity index (χ1n) is 6.91. The van der Waals surface area contributed by atoms with Crippen molar-refractivity contribution in [2.75, 3.05) is 7.05 Å². The van der Waals surface area contributed by atoms with Crippen molar-refractivity contribution in [3.63, 3.8) is 0 Å². The highest BCUT2D eigenvalue weighted by atomic mass is 32.4. The number of hydrogen-bond acceptors (Lipinski definition) is 6. The van der Waals surface area contributed by atoms with Gasteiger partial charge in [-0.1, -0.05) is 12.1 Å². The minimum Gasteiger partial charge on any atom is -0.450 e. The summed E-state index contributed by atoms with van der Waals surface area (Å²) in [6.45, 7) is 0.00595. The molecule has 0 radical (unpaired) electrons. The van der Waals surface area contributed by atoms with Crippen LogP contribution in [0.15, 0.2) is 53.6 Å². The molecule has 0 aliphatic carbocycles. The van der Waals surface area contributed by atoms with Gasteiger partial charge in [0.1, 0.15) is 11.5 Å². The van der Waals surface area contributed by atoms with Crippen molar-refractivity contribution >= 4 is 44.5 Å². The van der Waals surface area contributed by atoms with Crippen LogP contribution in [0.25, 0.3) is 0 Å². The second-order valence-electron chi connectivity index (χ2n) is 4.67. The van der Waals surface area contributed by atoms with Gasteiger partial charge < -0.3 is 14.2 Å². The normalized spacial score (nSPS) is 12.2. The smallest absolute Gasteiger partial charge is 0.207 e. The van der Waals surface area contributed by atoms with Gasteiger partial charge in [0, 0.05) is 7.05 Å². The average Bonchev–Trinajstić information content (AvgIpc) is 2.61. The fourth-order valence-electron chi connectivity index (χ4n) is 1.69. The third kappa shape index (κ3) is 5.93. The van der Waals surface area contributed by atoms with Crippen molar-refractivity contribution in [1.29, 1.82) is 0 Å². The monoisotopic (exact) mass is 398 g/mol. The van der Waals surface area contributed by atoms with E-state index in [1.165, 1.54) is 0 Å². The molecular formula is C15H16N2O3P2S2. The van der Waals surface area contributed by atoms with Crippen LogP contribution >= 0.6 is 14.7 Å². The van der Waals surface area contributed by atoms with E-state index in [2.05, 4.69) is 5.10 Å². The number of aliphatic hydroxyl groups excluding tert-OH is 1. The van der Waals surface area contributed by atoms with E-state index in [1.807, 2.05) is 24.3 Å². The molecule has 0 spiro atoms. The quantitative estimate of drug-likeness (QED) is 0.416. The van der Waals surface area contributed by atoms with Crippen LogP contribution in [0.5, 0.6) is 11.5 Å². The fraction of sp³-hybridized carbons (Fsp3) is 0.133. The van der Waals surface area contributed by atoms with Crippen LogP contribution in [-0.4, -0.2) is 23.1 Å². The molecule has 0 saturated carbocycles. The van der Waals surface area contributed by atoms with Crippen LogP contribution in [0, 0.1) is 0 Å². The molecule has 24 heavy (non-hydrogen) atoms. The molecule has 9 heteroatoms. The summed E-state index contributed by atoms with van der Waals surface area (Å²) < 4.78 is 12.6. The van der Waals surface area contributed by atoms with Gasteiger partial charge >= 0.3 is 0 Å². The van der Waals surface area contributed by atoms with Crippen molar-refractivity contribution in [2.24, 2.45) is 5.10 Å². The topological polar surface area (TPSA) is 54.3 Å². The van der Waals surface area contributed by atoms with Gasteiger partial charge in [-0.25, -0.2) is 4.78 Å². The standard InChI is InChI=1S/C15H16N2O3P2S2/c1-17(16-10-12-2-6-14(7-3-12)19-21-23)22(24)20-15-8-4-13(11-18)5-9-15/h2-10,18,22H,11H2,1H3/b16-10+. The summed E-state index contributed by atoms with van der Waals surface area (Å²) in [4.78, 5) is 0. The van der Waals surface area contributed by atoms with Crippen molar-refractivity contribution in [3.8, 4) is 11.5 Å². The van der Waals surface area contributed by atoms with Crippen LogP contribution in [-0.2, 0) is 30.2 Å². The maximum absolute atomic E-state index is 9.03. The summed E-state index contributed by atoms with van der Waals surface area (Å²) in [7, 11) is 0.526. The Hall–Kier alpha value is -1.36. The van der Waals surface area contributed by atoms with Crippen LogP contribution < -0.4 is 9.05 Å². The van der Waals surface area contributed by atoms with E-state index in [1.54, 1.807) is 42.3 Å². The minimum atomic E-state index is -1.71. The van der Waals surface area contributed by atoms with E-state index in [9.17, 15) is 0 Å². The Labute approximate surface area is 153 Å². The van der Waals surface area contributed by atoms with E-state index < -0.39 is 7.07 Å². The first-order chi connectivity index (χ1) is 11.6. The Morgan fingerprint density at radius 3 is 2.38 bits per heavy atom. The highest BCUT2D eigenvalue weighted by Gasteiger charge is 2.03. The van der Waals surface area contributed by atoms with E-state index in [0.29, 0.717) is 13.3 Å². The van der Waals surface area contributed by atoms with E-state index >= 15 is 0 Å². The molecule has 5 nitrogen and oxygen atoms in total. The maximum Gasteiger partial charge on any atom is 0.207 e. The second-order valence-corrected chi connectivity index (χ2v) is 7.88. The summed E-state index contributed by atoms with van der Waals surface area (Å²) >= 11 is 10.1. The lowest BCUT2D eigenvalue weighted by atomic mass is 10.2. The molecule has 1 N–H and O–H groups in total. The predicted octanol–water partition coefficient (Wildman–Crippen LogP) is 3.73. The Bertz CT molecular complexity index is 725. The third-order valence-electron chi connectivity index (χ3n) is 2.98.